The van der Waals surface area contributed by atoms with Crippen LogP contribution in [0.3, 0.4) is 0 Å². The molecular weight excluding hydrogens is 414 g/mol. The second-order valence-corrected chi connectivity index (χ2v) is 9.24. The first-order chi connectivity index (χ1) is 16.0. The molecule has 0 spiro atoms. The van der Waals surface area contributed by atoms with Gasteiger partial charge in [0.15, 0.2) is 0 Å². The number of rotatable bonds is 5. The van der Waals surface area contributed by atoms with Crippen LogP contribution in [-0.4, -0.2) is 45.3 Å². The van der Waals surface area contributed by atoms with Crippen molar-refractivity contribution >= 4 is 21.8 Å². The molecule has 172 valence electrons. The van der Waals surface area contributed by atoms with E-state index in [0.29, 0.717) is 0 Å². The number of ether oxygens (including phenoxy) is 1. The van der Waals surface area contributed by atoms with Gasteiger partial charge in [0.1, 0.15) is 5.75 Å². The van der Waals surface area contributed by atoms with Gasteiger partial charge in [-0.15, -0.1) is 0 Å². The quantitative estimate of drug-likeness (QED) is 0.470. The van der Waals surface area contributed by atoms with Gasteiger partial charge in [-0.3, -0.25) is 9.47 Å². The lowest BCUT2D eigenvalue weighted by Gasteiger charge is -2.43. The molecule has 4 unspecified atom stereocenters. The fraction of sp³-hybridized carbons (Fsp3) is 0.370. The average molecular weight is 446 g/mol. The number of methoxy groups -OCH3 is 1. The number of H-pyrrole nitrogens is 1. The van der Waals surface area contributed by atoms with Gasteiger partial charge in [-0.1, -0.05) is 30.3 Å². The number of para-hydroxylation sites is 2. The van der Waals surface area contributed by atoms with Gasteiger partial charge in [0.25, 0.3) is 0 Å². The second-order valence-electron chi connectivity index (χ2n) is 9.24. The number of likely N-dealkylation sites (tertiary alicyclic amines) is 1. The average Bonchev–Trinajstić information content (AvgIpc) is 3.18. The predicted octanol–water partition coefficient (Wildman–Crippen LogP) is 4.64. The summed E-state index contributed by atoms with van der Waals surface area (Å²) in [5, 5.41) is 13.4. The molecule has 33 heavy (non-hydrogen) atoms. The van der Waals surface area contributed by atoms with Crippen molar-refractivity contribution in [1.29, 1.82) is 0 Å². The summed E-state index contributed by atoms with van der Waals surface area (Å²) < 4.78 is 7.24. The predicted molar refractivity (Wildman–Crippen MR) is 132 cm³/mol. The van der Waals surface area contributed by atoms with Gasteiger partial charge in [-0.25, -0.2) is 4.79 Å². The lowest BCUT2D eigenvalue weighted by atomic mass is 9.92. The Morgan fingerprint density at radius 2 is 1.85 bits per heavy atom. The van der Waals surface area contributed by atoms with Crippen LogP contribution in [0, 0.1) is 0 Å². The molecule has 0 amide bonds. The van der Waals surface area contributed by atoms with Crippen LogP contribution in [0.4, 0.5) is 0 Å². The van der Waals surface area contributed by atoms with Crippen molar-refractivity contribution in [2.75, 3.05) is 13.7 Å². The molecule has 1 aliphatic heterocycles. The van der Waals surface area contributed by atoms with Gasteiger partial charge in [-0.2, -0.15) is 0 Å². The third-order valence-electron chi connectivity index (χ3n) is 7.28. The lowest BCUT2D eigenvalue weighted by molar-refractivity contribution is 0.0101. The summed E-state index contributed by atoms with van der Waals surface area (Å²) in [4.78, 5) is 18.0. The number of imidazole rings is 1. The molecule has 5 rings (SSSR count). The minimum atomic E-state index is -0.591. The van der Waals surface area contributed by atoms with E-state index in [2.05, 4.69) is 29.8 Å². The van der Waals surface area contributed by atoms with Gasteiger partial charge in [0.2, 0.25) is 0 Å². The van der Waals surface area contributed by atoms with Crippen LogP contribution in [0.1, 0.15) is 44.4 Å². The van der Waals surface area contributed by atoms with Gasteiger partial charge in [0, 0.05) is 24.7 Å². The van der Waals surface area contributed by atoms with Gasteiger partial charge in [-0.05, 0) is 73.4 Å². The zero-order chi connectivity index (χ0) is 23.1. The van der Waals surface area contributed by atoms with Gasteiger partial charge < -0.3 is 14.8 Å². The van der Waals surface area contributed by atoms with Crippen LogP contribution in [0.25, 0.3) is 21.8 Å². The number of aliphatic hydroxyl groups is 1. The van der Waals surface area contributed by atoms with Crippen molar-refractivity contribution < 1.29 is 9.84 Å². The van der Waals surface area contributed by atoms with E-state index in [1.165, 1.54) is 0 Å². The number of hydrogen-bond acceptors (Lipinski definition) is 4. The zero-order valence-electron chi connectivity index (χ0n) is 19.4. The minimum Gasteiger partial charge on any atom is -0.497 e. The lowest BCUT2D eigenvalue weighted by Crippen LogP contribution is -2.49. The molecular formula is C27H31N3O3. The van der Waals surface area contributed by atoms with Gasteiger partial charge in [0.05, 0.1) is 24.2 Å². The maximum Gasteiger partial charge on any atom is 0.326 e. The number of aliphatic hydroxyl groups excluding tert-OH is 1. The molecule has 6 heteroatoms. The SMILES string of the molecule is COc1ccc2cc(C(O)C(C)N3CCC(n4c(=O)[nH]c5ccccc54)CC3C)ccc2c1. The van der Waals surface area contributed by atoms with Crippen molar-refractivity contribution in [3.05, 3.63) is 76.7 Å². The fourth-order valence-corrected chi connectivity index (χ4v) is 5.45. The molecule has 2 N–H and O–H groups in total. The van der Waals surface area contributed by atoms with E-state index >= 15 is 0 Å². The summed E-state index contributed by atoms with van der Waals surface area (Å²) in [7, 11) is 1.67. The van der Waals surface area contributed by atoms with E-state index in [1.54, 1.807) is 7.11 Å². The molecule has 6 nitrogen and oxygen atoms in total. The molecule has 4 aromatic rings. The highest BCUT2D eigenvalue weighted by Gasteiger charge is 2.33. The summed E-state index contributed by atoms with van der Waals surface area (Å²) >= 11 is 0. The summed E-state index contributed by atoms with van der Waals surface area (Å²) in [6.45, 7) is 5.13. The normalized spacial score (nSPS) is 21.3. The molecule has 1 fully saturated rings. The highest BCUT2D eigenvalue weighted by molar-refractivity contribution is 5.84. The van der Waals surface area contributed by atoms with Crippen molar-refractivity contribution in [3.8, 4) is 5.75 Å². The third-order valence-corrected chi connectivity index (χ3v) is 7.28. The molecule has 2 heterocycles. The molecule has 3 aromatic carbocycles. The molecule has 1 aliphatic rings. The number of piperidine rings is 1. The Kier molecular flexibility index (Phi) is 5.72. The van der Waals surface area contributed by atoms with E-state index < -0.39 is 6.10 Å². The number of aromatic amines is 1. The zero-order valence-corrected chi connectivity index (χ0v) is 19.4. The number of benzene rings is 3. The first kappa shape index (κ1) is 21.7. The first-order valence-corrected chi connectivity index (χ1v) is 11.7. The number of aromatic nitrogens is 2. The van der Waals surface area contributed by atoms with Crippen molar-refractivity contribution in [1.82, 2.24) is 14.5 Å². The summed E-state index contributed by atoms with van der Waals surface area (Å²) in [6, 6.07) is 20.3. The summed E-state index contributed by atoms with van der Waals surface area (Å²) in [6.07, 6.45) is 1.16. The second kappa shape index (κ2) is 8.69. The molecule has 0 saturated carbocycles. The number of fused-ring (bicyclic) bond motifs is 2. The molecule has 4 atom stereocenters. The Bertz CT molecular complexity index is 1340. The summed E-state index contributed by atoms with van der Waals surface area (Å²) in [5.74, 6) is 0.829. The van der Waals surface area contributed by atoms with Crippen molar-refractivity contribution in [2.24, 2.45) is 0 Å². The maximum atomic E-state index is 12.6. The molecule has 1 aromatic heterocycles. The fourth-order valence-electron chi connectivity index (χ4n) is 5.45. The van der Waals surface area contributed by atoms with Crippen LogP contribution in [0.5, 0.6) is 5.75 Å². The van der Waals surface area contributed by atoms with Crippen LogP contribution in [-0.2, 0) is 0 Å². The minimum absolute atomic E-state index is 0.0312. The number of nitrogens with zero attached hydrogens (tertiary/aromatic N) is 2. The van der Waals surface area contributed by atoms with E-state index in [-0.39, 0.29) is 23.8 Å². The highest BCUT2D eigenvalue weighted by Crippen LogP contribution is 2.33. The van der Waals surface area contributed by atoms with Crippen molar-refractivity contribution in [2.45, 2.75) is 50.9 Å². The topological polar surface area (TPSA) is 70.5 Å². The van der Waals surface area contributed by atoms with Crippen LogP contribution in [0.2, 0.25) is 0 Å². The van der Waals surface area contributed by atoms with E-state index in [9.17, 15) is 9.90 Å². The largest absolute Gasteiger partial charge is 0.497 e. The van der Waals surface area contributed by atoms with Crippen LogP contribution >= 0.6 is 0 Å². The molecule has 0 bridgehead atoms. The van der Waals surface area contributed by atoms with Gasteiger partial charge >= 0.3 is 5.69 Å². The molecule has 1 saturated heterocycles. The number of hydrogen-bond donors (Lipinski definition) is 2. The standard InChI is InChI=1S/C27H31N3O3/c1-17-14-22(30-25-7-5-4-6-24(25)28-27(30)32)12-13-29(17)18(2)26(31)21-9-8-20-16-23(33-3)11-10-19(20)15-21/h4-11,15-18,22,26,31H,12-14H2,1-3H3,(H,28,32). The van der Waals surface area contributed by atoms with Crippen molar-refractivity contribution in [3.63, 3.8) is 0 Å². The Morgan fingerprint density at radius 3 is 2.64 bits per heavy atom. The Labute approximate surface area is 193 Å². The van der Waals surface area contributed by atoms with Crippen LogP contribution in [0.15, 0.2) is 65.5 Å². The Morgan fingerprint density at radius 1 is 1.09 bits per heavy atom. The monoisotopic (exact) mass is 445 g/mol. The third kappa shape index (κ3) is 3.94. The highest BCUT2D eigenvalue weighted by atomic mass is 16.5. The number of nitrogens with one attached hydrogen (secondary N) is 1. The Balaban J connectivity index is 1.33. The Hall–Kier alpha value is -3.09. The van der Waals surface area contributed by atoms with Crippen LogP contribution < -0.4 is 10.4 Å². The molecule has 0 radical (unpaired) electrons. The molecule has 0 aliphatic carbocycles. The van der Waals surface area contributed by atoms with E-state index in [1.807, 2.05) is 59.2 Å². The summed E-state index contributed by atoms with van der Waals surface area (Å²) in [5.41, 5.74) is 2.73. The maximum absolute atomic E-state index is 12.6. The van der Waals surface area contributed by atoms with E-state index in [0.717, 1.165) is 52.5 Å². The van der Waals surface area contributed by atoms with E-state index in [4.69, 9.17) is 4.74 Å². The first-order valence-electron chi connectivity index (χ1n) is 11.7. The smallest absolute Gasteiger partial charge is 0.326 e.